The first-order chi connectivity index (χ1) is 14.7. The number of rotatable bonds is 6. The zero-order valence-electron chi connectivity index (χ0n) is 16.9. The lowest BCUT2D eigenvalue weighted by Gasteiger charge is -2.16. The molecule has 0 atom stereocenters. The molecule has 1 aliphatic carbocycles. The number of carbonyl (C=O) groups is 2. The van der Waals surface area contributed by atoms with Crippen LogP contribution in [0, 0.1) is 0 Å². The van der Waals surface area contributed by atoms with Crippen LogP contribution in [0.1, 0.15) is 45.5 Å². The summed E-state index contributed by atoms with van der Waals surface area (Å²) in [5.41, 5.74) is 5.95. The van der Waals surface area contributed by atoms with Crippen LogP contribution in [-0.2, 0) is 28.8 Å². The van der Waals surface area contributed by atoms with Crippen molar-refractivity contribution in [3.8, 4) is 0 Å². The molecule has 0 aromatic heterocycles. The summed E-state index contributed by atoms with van der Waals surface area (Å²) in [6, 6.07) is 23.5. The Hall–Kier alpha value is -3.40. The van der Waals surface area contributed by atoms with E-state index in [4.69, 9.17) is 4.74 Å². The molecule has 152 valence electrons. The van der Waals surface area contributed by atoms with Gasteiger partial charge in [-0.05, 0) is 72.6 Å². The van der Waals surface area contributed by atoms with E-state index in [2.05, 4.69) is 17.4 Å². The van der Waals surface area contributed by atoms with E-state index in [0.29, 0.717) is 12.0 Å². The lowest BCUT2D eigenvalue weighted by atomic mass is 9.90. The first-order valence-electron chi connectivity index (χ1n) is 10.4. The van der Waals surface area contributed by atoms with Gasteiger partial charge in [-0.25, -0.2) is 4.79 Å². The second kappa shape index (κ2) is 9.40. The van der Waals surface area contributed by atoms with E-state index in [1.165, 1.54) is 17.5 Å². The Morgan fingerprint density at radius 3 is 2.40 bits per heavy atom. The topological polar surface area (TPSA) is 55.4 Å². The van der Waals surface area contributed by atoms with Crippen molar-refractivity contribution in [2.45, 2.75) is 32.1 Å². The number of nitrogens with one attached hydrogen (secondary N) is 1. The number of benzene rings is 3. The van der Waals surface area contributed by atoms with Gasteiger partial charge in [0.2, 0.25) is 0 Å². The molecule has 4 heteroatoms. The van der Waals surface area contributed by atoms with Crippen LogP contribution in [0.15, 0.2) is 72.8 Å². The van der Waals surface area contributed by atoms with Gasteiger partial charge in [-0.2, -0.15) is 0 Å². The summed E-state index contributed by atoms with van der Waals surface area (Å²) in [6.45, 7) is -0.310. The van der Waals surface area contributed by atoms with Crippen molar-refractivity contribution in [2.24, 2.45) is 0 Å². The minimum absolute atomic E-state index is 0.310. The third-order valence-corrected chi connectivity index (χ3v) is 5.45. The molecule has 0 fully saturated rings. The van der Waals surface area contributed by atoms with Crippen LogP contribution in [0.5, 0.6) is 0 Å². The number of amides is 1. The van der Waals surface area contributed by atoms with Crippen LogP contribution >= 0.6 is 0 Å². The van der Waals surface area contributed by atoms with Gasteiger partial charge in [0, 0.05) is 5.69 Å². The lowest BCUT2D eigenvalue weighted by molar-refractivity contribution is -0.119. The second-order valence-corrected chi connectivity index (χ2v) is 7.63. The summed E-state index contributed by atoms with van der Waals surface area (Å²) >= 11 is 0. The molecule has 0 unspecified atom stereocenters. The third-order valence-electron chi connectivity index (χ3n) is 5.45. The monoisotopic (exact) mass is 399 g/mol. The van der Waals surface area contributed by atoms with E-state index < -0.39 is 5.97 Å². The Balaban J connectivity index is 1.36. The van der Waals surface area contributed by atoms with Gasteiger partial charge in [-0.15, -0.1) is 0 Å². The van der Waals surface area contributed by atoms with Crippen molar-refractivity contribution in [3.05, 3.63) is 101 Å². The highest BCUT2D eigenvalue weighted by atomic mass is 16.5. The molecule has 0 spiro atoms. The molecular weight excluding hydrogens is 374 g/mol. The van der Waals surface area contributed by atoms with Crippen LogP contribution in [-0.4, -0.2) is 18.5 Å². The summed E-state index contributed by atoms with van der Waals surface area (Å²) in [6.07, 6.45) is 5.12. The van der Waals surface area contributed by atoms with Gasteiger partial charge in [0.1, 0.15) is 0 Å². The third kappa shape index (κ3) is 4.95. The maximum Gasteiger partial charge on any atom is 0.338 e. The standard InChI is InChI=1S/C26H25NO3/c28-25(18-30-26(29)23-15-14-20-10-4-5-11-21(20)17-23)27-24-13-7-6-12-22(24)16-19-8-2-1-3-9-19/h1-3,6-9,12-15,17H,4-5,10-11,16,18H2,(H,27,28). The summed E-state index contributed by atoms with van der Waals surface area (Å²) < 4.78 is 5.26. The van der Waals surface area contributed by atoms with Crippen molar-refractivity contribution in [3.63, 3.8) is 0 Å². The molecule has 0 saturated carbocycles. The molecule has 0 saturated heterocycles. The van der Waals surface area contributed by atoms with E-state index in [-0.39, 0.29) is 12.5 Å². The molecule has 0 heterocycles. The Morgan fingerprint density at radius 2 is 1.57 bits per heavy atom. The maximum atomic E-state index is 12.4. The van der Waals surface area contributed by atoms with Gasteiger partial charge >= 0.3 is 5.97 Å². The normalized spacial score (nSPS) is 12.7. The molecule has 1 aliphatic rings. The first kappa shape index (κ1) is 19.9. The molecule has 4 rings (SSSR count). The van der Waals surface area contributed by atoms with Gasteiger partial charge in [-0.3, -0.25) is 4.79 Å². The van der Waals surface area contributed by atoms with E-state index in [9.17, 15) is 9.59 Å². The predicted molar refractivity (Wildman–Crippen MR) is 118 cm³/mol. The lowest BCUT2D eigenvalue weighted by Crippen LogP contribution is -2.21. The van der Waals surface area contributed by atoms with Crippen molar-refractivity contribution >= 4 is 17.6 Å². The molecule has 0 radical (unpaired) electrons. The van der Waals surface area contributed by atoms with Gasteiger partial charge < -0.3 is 10.1 Å². The zero-order chi connectivity index (χ0) is 20.8. The fourth-order valence-corrected chi connectivity index (χ4v) is 3.87. The fourth-order valence-electron chi connectivity index (χ4n) is 3.87. The average Bonchev–Trinajstić information content (AvgIpc) is 2.79. The number of aryl methyl sites for hydroxylation is 2. The zero-order valence-corrected chi connectivity index (χ0v) is 16.9. The van der Waals surface area contributed by atoms with Crippen LogP contribution in [0.2, 0.25) is 0 Å². The number of ether oxygens (including phenoxy) is 1. The quantitative estimate of drug-likeness (QED) is 0.597. The SMILES string of the molecule is O=C(COC(=O)c1ccc2c(c1)CCCC2)Nc1ccccc1Cc1ccccc1. The number of fused-ring (bicyclic) bond motifs is 1. The molecule has 1 N–H and O–H groups in total. The number of para-hydroxylation sites is 1. The van der Waals surface area contributed by atoms with Crippen LogP contribution < -0.4 is 5.32 Å². The van der Waals surface area contributed by atoms with E-state index in [1.54, 1.807) is 6.07 Å². The van der Waals surface area contributed by atoms with Crippen molar-refractivity contribution in [1.82, 2.24) is 0 Å². The highest BCUT2D eigenvalue weighted by molar-refractivity contribution is 5.96. The van der Waals surface area contributed by atoms with Gasteiger partial charge in [0.05, 0.1) is 5.56 Å². The molecule has 30 heavy (non-hydrogen) atoms. The summed E-state index contributed by atoms with van der Waals surface area (Å²) in [7, 11) is 0. The Morgan fingerprint density at radius 1 is 0.833 bits per heavy atom. The molecule has 3 aromatic carbocycles. The van der Waals surface area contributed by atoms with Crippen molar-refractivity contribution < 1.29 is 14.3 Å². The minimum Gasteiger partial charge on any atom is -0.452 e. The van der Waals surface area contributed by atoms with Gasteiger partial charge in [0.25, 0.3) is 5.91 Å². The highest BCUT2D eigenvalue weighted by Gasteiger charge is 2.15. The van der Waals surface area contributed by atoms with E-state index in [0.717, 1.165) is 36.1 Å². The van der Waals surface area contributed by atoms with Crippen LogP contribution in [0.3, 0.4) is 0 Å². The predicted octanol–water partition coefficient (Wildman–Crippen LogP) is 4.95. The van der Waals surface area contributed by atoms with E-state index in [1.807, 2.05) is 54.6 Å². The maximum absolute atomic E-state index is 12.4. The molecule has 1 amide bonds. The largest absolute Gasteiger partial charge is 0.452 e. The van der Waals surface area contributed by atoms with E-state index >= 15 is 0 Å². The smallest absolute Gasteiger partial charge is 0.338 e. The van der Waals surface area contributed by atoms with Crippen molar-refractivity contribution in [1.29, 1.82) is 0 Å². The van der Waals surface area contributed by atoms with Gasteiger partial charge in [0.15, 0.2) is 6.61 Å². The summed E-state index contributed by atoms with van der Waals surface area (Å²) in [5.74, 6) is -0.807. The van der Waals surface area contributed by atoms with Crippen LogP contribution in [0.25, 0.3) is 0 Å². The number of anilines is 1. The summed E-state index contributed by atoms with van der Waals surface area (Å²) in [5, 5.41) is 2.87. The Kier molecular flexibility index (Phi) is 6.23. The molecule has 3 aromatic rings. The van der Waals surface area contributed by atoms with Gasteiger partial charge in [-0.1, -0.05) is 54.6 Å². The number of esters is 1. The summed E-state index contributed by atoms with van der Waals surface area (Å²) in [4.78, 5) is 24.8. The van der Waals surface area contributed by atoms with Crippen LogP contribution in [0.4, 0.5) is 5.69 Å². The Bertz CT molecular complexity index is 1040. The van der Waals surface area contributed by atoms with Crippen molar-refractivity contribution in [2.75, 3.05) is 11.9 Å². The number of hydrogen-bond donors (Lipinski definition) is 1. The molecule has 4 nitrogen and oxygen atoms in total. The first-order valence-corrected chi connectivity index (χ1v) is 10.4. The molecule has 0 bridgehead atoms. The number of hydrogen-bond acceptors (Lipinski definition) is 3. The fraction of sp³-hybridized carbons (Fsp3) is 0.231. The Labute approximate surface area is 176 Å². The molecule has 0 aliphatic heterocycles. The molecular formula is C26H25NO3. The highest BCUT2D eigenvalue weighted by Crippen LogP contribution is 2.23. The average molecular weight is 399 g/mol. The number of carbonyl (C=O) groups excluding carboxylic acids is 2. The minimum atomic E-state index is -0.462. The second-order valence-electron chi connectivity index (χ2n) is 7.63.